The smallest absolute Gasteiger partial charge is 0.303 e. The quantitative estimate of drug-likeness (QED) is 0.434. The summed E-state index contributed by atoms with van der Waals surface area (Å²) in [4.78, 5) is 21.8. The zero-order chi connectivity index (χ0) is 19.8. The average molecular weight is 369 g/mol. The van der Waals surface area contributed by atoms with E-state index in [2.05, 4.69) is 27.7 Å². The SMILES string of the molecule is CC(C)(CCCC1CCC(CCCC(C)(C)CC(=O)O)CC1)CC(=O)O. The molecule has 1 rings (SSSR count). The van der Waals surface area contributed by atoms with Crippen molar-refractivity contribution in [1.29, 1.82) is 0 Å². The van der Waals surface area contributed by atoms with Gasteiger partial charge in [-0.2, -0.15) is 0 Å². The molecule has 2 N–H and O–H groups in total. The molecular formula is C22H40O4. The highest BCUT2D eigenvalue weighted by Crippen LogP contribution is 2.37. The second kappa shape index (κ2) is 10.3. The number of rotatable bonds is 12. The maximum atomic E-state index is 10.9. The van der Waals surface area contributed by atoms with Crippen molar-refractivity contribution in [1.82, 2.24) is 0 Å². The molecule has 0 aromatic heterocycles. The maximum Gasteiger partial charge on any atom is 0.303 e. The highest BCUT2D eigenvalue weighted by atomic mass is 16.4. The van der Waals surface area contributed by atoms with Gasteiger partial charge in [0.05, 0.1) is 12.8 Å². The van der Waals surface area contributed by atoms with E-state index >= 15 is 0 Å². The molecule has 1 fully saturated rings. The van der Waals surface area contributed by atoms with Gasteiger partial charge in [0.25, 0.3) is 0 Å². The summed E-state index contributed by atoms with van der Waals surface area (Å²) in [5.74, 6) is 0.245. The average Bonchev–Trinajstić information content (AvgIpc) is 2.45. The fraction of sp³-hybridized carbons (Fsp3) is 0.909. The van der Waals surface area contributed by atoms with Crippen molar-refractivity contribution in [3.63, 3.8) is 0 Å². The predicted molar refractivity (Wildman–Crippen MR) is 105 cm³/mol. The lowest BCUT2D eigenvalue weighted by molar-refractivity contribution is -0.140. The van der Waals surface area contributed by atoms with Gasteiger partial charge >= 0.3 is 11.9 Å². The molecule has 0 spiro atoms. The third-order valence-electron chi connectivity index (χ3n) is 6.16. The van der Waals surface area contributed by atoms with Crippen LogP contribution >= 0.6 is 0 Å². The zero-order valence-corrected chi connectivity index (χ0v) is 17.4. The minimum atomic E-state index is -0.693. The van der Waals surface area contributed by atoms with Gasteiger partial charge in [-0.15, -0.1) is 0 Å². The van der Waals surface area contributed by atoms with E-state index in [0.717, 1.165) is 37.5 Å². The van der Waals surface area contributed by atoms with E-state index in [1.54, 1.807) is 0 Å². The Hall–Kier alpha value is -1.06. The molecule has 0 bridgehead atoms. The van der Waals surface area contributed by atoms with Crippen molar-refractivity contribution in [2.45, 2.75) is 105 Å². The van der Waals surface area contributed by atoms with E-state index in [-0.39, 0.29) is 23.7 Å². The number of carboxylic acids is 2. The molecule has 0 saturated heterocycles. The summed E-state index contributed by atoms with van der Waals surface area (Å²) in [6, 6.07) is 0. The van der Waals surface area contributed by atoms with Gasteiger partial charge in [-0.05, 0) is 35.5 Å². The van der Waals surface area contributed by atoms with Crippen LogP contribution in [0.5, 0.6) is 0 Å². The lowest BCUT2D eigenvalue weighted by atomic mass is 9.75. The van der Waals surface area contributed by atoms with Crippen LogP contribution in [0.4, 0.5) is 0 Å². The molecule has 26 heavy (non-hydrogen) atoms. The van der Waals surface area contributed by atoms with Crippen LogP contribution in [0, 0.1) is 22.7 Å². The van der Waals surface area contributed by atoms with Gasteiger partial charge in [0.2, 0.25) is 0 Å². The van der Waals surface area contributed by atoms with Gasteiger partial charge in [-0.25, -0.2) is 0 Å². The molecule has 4 heteroatoms. The van der Waals surface area contributed by atoms with Gasteiger partial charge in [0.1, 0.15) is 0 Å². The fourth-order valence-electron chi connectivity index (χ4n) is 4.54. The first kappa shape index (κ1) is 23.0. The Balaban J connectivity index is 2.17. The molecule has 0 aromatic carbocycles. The number of carbonyl (C=O) groups is 2. The Morgan fingerprint density at radius 2 is 1.04 bits per heavy atom. The van der Waals surface area contributed by atoms with E-state index in [1.165, 1.54) is 38.5 Å². The van der Waals surface area contributed by atoms with Crippen LogP contribution < -0.4 is 0 Å². The number of aliphatic carboxylic acids is 2. The second-order valence-electron chi connectivity index (χ2n) is 10.1. The molecule has 0 atom stereocenters. The minimum absolute atomic E-state index is 0.0915. The molecule has 0 aromatic rings. The van der Waals surface area contributed by atoms with Crippen LogP contribution in [0.15, 0.2) is 0 Å². The highest BCUT2D eigenvalue weighted by Gasteiger charge is 2.25. The topological polar surface area (TPSA) is 74.6 Å². The van der Waals surface area contributed by atoms with Crippen LogP contribution in [-0.4, -0.2) is 22.2 Å². The van der Waals surface area contributed by atoms with Crippen molar-refractivity contribution >= 4 is 11.9 Å². The van der Waals surface area contributed by atoms with Gasteiger partial charge in [0, 0.05) is 0 Å². The van der Waals surface area contributed by atoms with Gasteiger partial charge in [0.15, 0.2) is 0 Å². The van der Waals surface area contributed by atoms with E-state index in [1.807, 2.05) is 0 Å². The standard InChI is InChI=1S/C22H40O4/c1-21(2,15-19(23)24)13-5-7-17-9-11-18(12-10-17)8-6-14-22(3,4)16-20(25)26/h17-18H,5-16H2,1-4H3,(H,23,24)(H,25,26). The van der Waals surface area contributed by atoms with Crippen LogP contribution in [-0.2, 0) is 9.59 Å². The molecule has 1 saturated carbocycles. The summed E-state index contributed by atoms with van der Waals surface area (Å²) >= 11 is 0. The molecule has 1 aliphatic carbocycles. The van der Waals surface area contributed by atoms with E-state index in [9.17, 15) is 9.59 Å². The van der Waals surface area contributed by atoms with Crippen molar-refractivity contribution < 1.29 is 19.8 Å². The molecule has 0 radical (unpaired) electrons. The lowest BCUT2D eigenvalue weighted by Gasteiger charge is -2.30. The molecule has 0 aliphatic heterocycles. The minimum Gasteiger partial charge on any atom is -0.481 e. The summed E-state index contributed by atoms with van der Waals surface area (Å²) in [6.45, 7) is 8.24. The molecule has 0 heterocycles. The molecule has 0 amide bonds. The molecule has 152 valence electrons. The van der Waals surface area contributed by atoms with E-state index in [0.29, 0.717) is 0 Å². The maximum absolute atomic E-state index is 10.9. The Morgan fingerprint density at radius 3 is 1.31 bits per heavy atom. The first-order chi connectivity index (χ1) is 12.0. The van der Waals surface area contributed by atoms with Crippen molar-refractivity contribution in [3.8, 4) is 0 Å². The second-order valence-corrected chi connectivity index (χ2v) is 10.1. The fourth-order valence-corrected chi connectivity index (χ4v) is 4.54. The molecular weight excluding hydrogens is 328 g/mol. The van der Waals surface area contributed by atoms with Crippen molar-refractivity contribution in [3.05, 3.63) is 0 Å². The van der Waals surface area contributed by atoms with Gasteiger partial charge in [-0.3, -0.25) is 9.59 Å². The van der Waals surface area contributed by atoms with Crippen molar-refractivity contribution in [2.24, 2.45) is 22.7 Å². The largest absolute Gasteiger partial charge is 0.481 e. The van der Waals surface area contributed by atoms with Crippen LogP contribution in [0.3, 0.4) is 0 Å². The Kier molecular flexibility index (Phi) is 9.12. The first-order valence-electron chi connectivity index (χ1n) is 10.4. The predicted octanol–water partition coefficient (Wildman–Crippen LogP) is 6.14. The van der Waals surface area contributed by atoms with Crippen molar-refractivity contribution in [2.75, 3.05) is 0 Å². The summed E-state index contributed by atoms with van der Waals surface area (Å²) in [5.41, 5.74) is -0.183. The Bertz CT molecular complexity index is 403. The highest BCUT2D eigenvalue weighted by molar-refractivity contribution is 5.67. The third-order valence-corrected chi connectivity index (χ3v) is 6.16. The zero-order valence-electron chi connectivity index (χ0n) is 17.4. The van der Waals surface area contributed by atoms with E-state index in [4.69, 9.17) is 10.2 Å². The molecule has 4 nitrogen and oxygen atoms in total. The summed E-state index contributed by atoms with van der Waals surface area (Å²) in [6.07, 6.45) is 12.5. The molecule has 1 aliphatic rings. The third kappa shape index (κ3) is 10.2. The number of hydrogen-bond acceptors (Lipinski definition) is 2. The Morgan fingerprint density at radius 1 is 0.731 bits per heavy atom. The van der Waals surface area contributed by atoms with Gasteiger partial charge in [-0.1, -0.05) is 79.1 Å². The number of carboxylic acid groups (broad SMARTS) is 2. The Labute approximate surface area is 159 Å². The summed E-state index contributed by atoms with van der Waals surface area (Å²) in [7, 11) is 0. The first-order valence-corrected chi connectivity index (χ1v) is 10.4. The lowest BCUT2D eigenvalue weighted by Crippen LogP contribution is -2.19. The normalized spacial score (nSPS) is 21.5. The monoisotopic (exact) mass is 368 g/mol. The van der Waals surface area contributed by atoms with E-state index < -0.39 is 11.9 Å². The summed E-state index contributed by atoms with van der Waals surface area (Å²) < 4.78 is 0. The number of hydrogen-bond donors (Lipinski definition) is 2. The van der Waals surface area contributed by atoms with Gasteiger partial charge < -0.3 is 10.2 Å². The summed E-state index contributed by atoms with van der Waals surface area (Å²) in [5, 5.41) is 17.9. The van der Waals surface area contributed by atoms with Crippen LogP contribution in [0.2, 0.25) is 0 Å². The van der Waals surface area contributed by atoms with Crippen LogP contribution in [0.25, 0.3) is 0 Å². The van der Waals surface area contributed by atoms with Crippen LogP contribution in [0.1, 0.15) is 105 Å². The molecule has 0 unspecified atom stereocenters.